The first-order valence-corrected chi connectivity index (χ1v) is 8.59. The number of rotatable bonds is 6. The summed E-state index contributed by atoms with van der Waals surface area (Å²) in [5, 5.41) is 0. The van der Waals surface area contributed by atoms with Crippen LogP contribution in [0.5, 0.6) is 0 Å². The van der Waals surface area contributed by atoms with E-state index in [0.717, 1.165) is 22.5 Å². The van der Waals surface area contributed by atoms with Crippen LogP contribution < -0.4 is 0 Å². The Morgan fingerprint density at radius 3 is 2.05 bits per heavy atom. The molecule has 0 radical (unpaired) electrons. The molecular weight excluding hydrogens is 284 g/mol. The molecule has 0 spiro atoms. The van der Waals surface area contributed by atoms with Crippen LogP contribution in [-0.4, -0.2) is 40.1 Å². The van der Waals surface area contributed by atoms with Gasteiger partial charge in [0.15, 0.2) is 0 Å². The predicted molar refractivity (Wildman–Crippen MR) is 82.7 cm³/mol. The molecule has 0 unspecified atom stereocenters. The van der Waals surface area contributed by atoms with E-state index in [-0.39, 0.29) is 0 Å². The molecule has 112 valence electrons. The monoisotopic (exact) mass is 304 g/mol. The lowest BCUT2D eigenvalue weighted by Crippen LogP contribution is -2.45. The van der Waals surface area contributed by atoms with Crippen LogP contribution in [0.25, 0.3) is 11.4 Å². The minimum atomic E-state index is -2.64. The van der Waals surface area contributed by atoms with Crippen molar-refractivity contribution in [2.75, 3.05) is 21.3 Å². The SMILES string of the molecule is CO[Si](Cc1ccnc(-c2cc(C)ccn2)c1)(OC)OC. The van der Waals surface area contributed by atoms with Crippen LogP contribution in [0.1, 0.15) is 11.1 Å². The molecule has 0 N–H and O–H groups in total. The lowest BCUT2D eigenvalue weighted by Gasteiger charge is -2.24. The van der Waals surface area contributed by atoms with E-state index >= 15 is 0 Å². The normalized spacial score (nSPS) is 11.6. The number of nitrogens with zero attached hydrogens (tertiary/aromatic N) is 2. The van der Waals surface area contributed by atoms with Crippen LogP contribution >= 0.6 is 0 Å². The van der Waals surface area contributed by atoms with Gasteiger partial charge in [0, 0.05) is 39.8 Å². The highest BCUT2D eigenvalue weighted by atomic mass is 28.4. The largest absolute Gasteiger partial charge is 0.504 e. The van der Waals surface area contributed by atoms with Gasteiger partial charge >= 0.3 is 8.80 Å². The maximum atomic E-state index is 5.46. The molecule has 0 amide bonds. The minimum absolute atomic E-state index is 0.595. The lowest BCUT2D eigenvalue weighted by molar-refractivity contribution is 0.122. The van der Waals surface area contributed by atoms with Gasteiger partial charge in [-0.05, 0) is 42.3 Å². The van der Waals surface area contributed by atoms with Gasteiger partial charge in [0.1, 0.15) is 0 Å². The predicted octanol–water partition coefficient (Wildman–Crippen LogP) is 2.41. The van der Waals surface area contributed by atoms with Gasteiger partial charge in [0.2, 0.25) is 0 Å². The summed E-state index contributed by atoms with van der Waals surface area (Å²) in [5.74, 6) is 0. The number of aryl methyl sites for hydroxylation is 1. The fourth-order valence-electron chi connectivity index (χ4n) is 2.12. The van der Waals surface area contributed by atoms with Crippen molar-refractivity contribution >= 4 is 8.80 Å². The Morgan fingerprint density at radius 2 is 1.48 bits per heavy atom. The molecule has 0 aromatic carbocycles. The van der Waals surface area contributed by atoms with Crippen LogP contribution in [0.4, 0.5) is 0 Å². The zero-order valence-corrected chi connectivity index (χ0v) is 13.8. The first-order valence-electron chi connectivity index (χ1n) is 6.66. The molecule has 0 aliphatic heterocycles. The van der Waals surface area contributed by atoms with Crippen molar-refractivity contribution in [3.05, 3.63) is 47.8 Å². The Bertz CT molecular complexity index is 595. The van der Waals surface area contributed by atoms with Gasteiger partial charge in [-0.2, -0.15) is 0 Å². The van der Waals surface area contributed by atoms with Crippen molar-refractivity contribution in [3.8, 4) is 11.4 Å². The summed E-state index contributed by atoms with van der Waals surface area (Å²) in [5.41, 5.74) is 3.90. The highest BCUT2D eigenvalue weighted by Gasteiger charge is 2.38. The summed E-state index contributed by atoms with van der Waals surface area (Å²) in [6.45, 7) is 2.04. The lowest BCUT2D eigenvalue weighted by atomic mass is 10.1. The first kappa shape index (κ1) is 15.8. The van der Waals surface area contributed by atoms with Crippen molar-refractivity contribution < 1.29 is 13.3 Å². The summed E-state index contributed by atoms with van der Waals surface area (Å²) in [6, 6.07) is 8.52. The van der Waals surface area contributed by atoms with Gasteiger partial charge in [-0.1, -0.05) is 0 Å². The van der Waals surface area contributed by atoms with E-state index in [1.54, 1.807) is 33.7 Å². The number of hydrogen-bond acceptors (Lipinski definition) is 5. The van der Waals surface area contributed by atoms with Crippen molar-refractivity contribution in [3.63, 3.8) is 0 Å². The van der Waals surface area contributed by atoms with Crippen LogP contribution in [-0.2, 0) is 19.3 Å². The molecule has 0 saturated carbocycles. The van der Waals surface area contributed by atoms with Crippen molar-refractivity contribution in [1.82, 2.24) is 9.97 Å². The zero-order chi connectivity index (χ0) is 15.3. The fraction of sp³-hybridized carbons (Fsp3) is 0.333. The summed E-state index contributed by atoms with van der Waals surface area (Å²) in [7, 11) is 2.20. The molecule has 0 bridgehead atoms. The van der Waals surface area contributed by atoms with Gasteiger partial charge in [0.05, 0.1) is 11.4 Å². The Kier molecular flexibility index (Phi) is 5.19. The third kappa shape index (κ3) is 3.73. The van der Waals surface area contributed by atoms with Crippen molar-refractivity contribution in [2.45, 2.75) is 13.0 Å². The maximum Gasteiger partial charge on any atom is 0.504 e. The van der Waals surface area contributed by atoms with E-state index in [2.05, 4.69) is 9.97 Å². The second-order valence-electron chi connectivity index (χ2n) is 4.74. The molecule has 0 aliphatic carbocycles. The van der Waals surface area contributed by atoms with Gasteiger partial charge in [-0.3, -0.25) is 9.97 Å². The van der Waals surface area contributed by atoms with Gasteiger partial charge in [-0.25, -0.2) is 0 Å². The second-order valence-corrected chi connectivity index (χ2v) is 7.68. The highest BCUT2D eigenvalue weighted by molar-refractivity contribution is 6.60. The smallest absolute Gasteiger partial charge is 0.377 e. The van der Waals surface area contributed by atoms with Crippen molar-refractivity contribution in [1.29, 1.82) is 0 Å². The topological polar surface area (TPSA) is 53.5 Å². The standard InChI is InChI=1S/C15H20N2O3Si/c1-12-5-7-16-14(9-12)15-10-13(6-8-17-15)11-21(18-2,19-3)20-4/h5-10H,11H2,1-4H3. The van der Waals surface area contributed by atoms with Gasteiger partial charge in [0.25, 0.3) is 0 Å². The molecule has 2 rings (SSSR count). The molecule has 21 heavy (non-hydrogen) atoms. The molecule has 5 nitrogen and oxygen atoms in total. The number of aromatic nitrogens is 2. The van der Waals surface area contributed by atoms with E-state index in [0.29, 0.717) is 6.04 Å². The van der Waals surface area contributed by atoms with Gasteiger partial charge < -0.3 is 13.3 Å². The maximum absolute atomic E-state index is 5.46. The molecule has 0 aliphatic rings. The quantitative estimate of drug-likeness (QED) is 0.767. The third-order valence-corrected chi connectivity index (χ3v) is 6.06. The average molecular weight is 304 g/mol. The van der Waals surface area contributed by atoms with Crippen LogP contribution in [0.3, 0.4) is 0 Å². The molecule has 0 saturated heterocycles. The molecule has 2 aromatic rings. The molecule has 0 fully saturated rings. The summed E-state index contributed by atoms with van der Waals surface area (Å²) in [6.07, 6.45) is 3.56. The average Bonchev–Trinajstić information content (AvgIpc) is 2.53. The first-order chi connectivity index (χ1) is 10.1. The Morgan fingerprint density at radius 1 is 0.905 bits per heavy atom. The molecular formula is C15H20N2O3Si. The van der Waals surface area contributed by atoms with Crippen LogP contribution in [0, 0.1) is 6.92 Å². The molecule has 2 heterocycles. The van der Waals surface area contributed by atoms with E-state index in [9.17, 15) is 0 Å². The van der Waals surface area contributed by atoms with Crippen LogP contribution in [0.15, 0.2) is 36.7 Å². The Hall–Kier alpha value is -1.60. The summed E-state index contributed by atoms with van der Waals surface area (Å²) >= 11 is 0. The molecule has 6 heteroatoms. The summed E-state index contributed by atoms with van der Waals surface area (Å²) in [4.78, 5) is 8.75. The van der Waals surface area contributed by atoms with E-state index in [4.69, 9.17) is 13.3 Å². The summed E-state index contributed by atoms with van der Waals surface area (Å²) < 4.78 is 16.4. The fourth-order valence-corrected chi connectivity index (χ4v) is 3.77. The second kappa shape index (κ2) is 6.90. The van der Waals surface area contributed by atoms with E-state index in [1.165, 1.54) is 0 Å². The minimum Gasteiger partial charge on any atom is -0.377 e. The van der Waals surface area contributed by atoms with Gasteiger partial charge in [-0.15, -0.1) is 0 Å². The zero-order valence-electron chi connectivity index (χ0n) is 12.8. The number of pyridine rings is 2. The Labute approximate surface area is 126 Å². The van der Waals surface area contributed by atoms with Crippen molar-refractivity contribution in [2.24, 2.45) is 0 Å². The molecule has 2 aromatic heterocycles. The Balaban J connectivity index is 2.30. The molecule has 0 atom stereocenters. The third-order valence-electron chi connectivity index (χ3n) is 3.36. The van der Waals surface area contributed by atoms with Crippen LogP contribution in [0.2, 0.25) is 0 Å². The highest BCUT2D eigenvalue weighted by Crippen LogP contribution is 2.20. The van der Waals surface area contributed by atoms with E-state index in [1.807, 2.05) is 31.2 Å². The van der Waals surface area contributed by atoms with E-state index < -0.39 is 8.80 Å². The number of hydrogen-bond donors (Lipinski definition) is 0.